The van der Waals surface area contributed by atoms with Crippen molar-refractivity contribution in [3.8, 4) is 0 Å². The third-order valence-electron chi connectivity index (χ3n) is 10.4. The Morgan fingerprint density at radius 3 is 1.82 bits per heavy atom. The van der Waals surface area contributed by atoms with Crippen LogP contribution in [0, 0.1) is 0 Å². The number of allylic oxidation sites excluding steroid dienone is 1. The molecule has 5 aromatic rings. The number of aryl methyl sites for hydroxylation is 7. The molecule has 0 radical (unpaired) electrons. The highest BCUT2D eigenvalue weighted by molar-refractivity contribution is 5.90. The van der Waals surface area contributed by atoms with Gasteiger partial charge in [0.25, 0.3) is 0 Å². The van der Waals surface area contributed by atoms with Gasteiger partial charge in [0, 0.05) is 45.8 Å². The molecule has 2 aliphatic heterocycles. The average Bonchev–Trinajstić information content (AvgIpc) is 3.93. The molecule has 0 unspecified atom stereocenters. The standard InChI is InChI=1S/C36H46N4.C9H7N/c1-9-22-19-25-20-23-17-18-24(37-23)21-32-26(10-2)29(13-5)36(40(32)16-8)31(15-7)35-28(12-4)27(11-3)34(39-35)30(14-6)33(22)38-25;1-2-6-9-8(4-1)5-3-7-10-9/h17-21,39H,9-16H2,1-8H3;1-7H. The Morgan fingerprint density at radius 2 is 1.20 bits per heavy atom. The van der Waals surface area contributed by atoms with Crippen molar-refractivity contribution in [2.24, 2.45) is 0 Å². The zero-order valence-electron chi connectivity index (χ0n) is 31.4. The average molecular weight is 664 g/mol. The number of aromatic nitrogens is 5. The third kappa shape index (κ3) is 6.34. The summed E-state index contributed by atoms with van der Waals surface area (Å²) in [6.07, 6.45) is 15.3. The number of benzene rings is 1. The van der Waals surface area contributed by atoms with Gasteiger partial charge >= 0.3 is 0 Å². The van der Waals surface area contributed by atoms with E-state index in [-0.39, 0.29) is 0 Å². The Kier molecular flexibility index (Phi) is 10.8. The maximum Gasteiger partial charge on any atom is 0.0722 e. The van der Waals surface area contributed by atoms with Crippen LogP contribution < -0.4 is 0 Å². The summed E-state index contributed by atoms with van der Waals surface area (Å²) in [6, 6.07) is 16.5. The molecule has 0 atom stereocenters. The van der Waals surface area contributed by atoms with Gasteiger partial charge in [0.15, 0.2) is 0 Å². The molecule has 1 N–H and O–H groups in total. The van der Waals surface area contributed by atoms with E-state index < -0.39 is 0 Å². The number of rotatable bonds is 8. The zero-order valence-corrected chi connectivity index (χ0v) is 31.4. The first kappa shape index (κ1) is 35.1. The van der Waals surface area contributed by atoms with E-state index in [1.165, 1.54) is 66.4 Å². The number of hydrogen-bond donors (Lipinski definition) is 1. The fourth-order valence-electron chi connectivity index (χ4n) is 8.10. The third-order valence-corrected chi connectivity index (χ3v) is 10.4. The van der Waals surface area contributed by atoms with E-state index in [4.69, 9.17) is 9.97 Å². The topological polar surface area (TPSA) is 59.4 Å². The molecular formula is C45H53N5. The molecule has 0 saturated heterocycles. The molecule has 5 nitrogen and oxygen atoms in total. The van der Waals surface area contributed by atoms with E-state index in [2.05, 4.69) is 112 Å². The van der Waals surface area contributed by atoms with Gasteiger partial charge in [-0.05, 0) is 128 Å². The monoisotopic (exact) mass is 663 g/mol. The van der Waals surface area contributed by atoms with E-state index in [0.29, 0.717) is 0 Å². The van der Waals surface area contributed by atoms with Gasteiger partial charge in [0.1, 0.15) is 0 Å². The number of H-pyrrole nitrogens is 1. The van der Waals surface area contributed by atoms with Gasteiger partial charge in [-0.2, -0.15) is 0 Å². The molecule has 6 heterocycles. The predicted octanol–water partition coefficient (Wildman–Crippen LogP) is 11.5. The minimum Gasteiger partial charge on any atom is -0.354 e. The van der Waals surface area contributed by atoms with E-state index in [9.17, 15) is 0 Å². The van der Waals surface area contributed by atoms with Crippen LogP contribution in [0.4, 0.5) is 0 Å². The van der Waals surface area contributed by atoms with Gasteiger partial charge in [0.2, 0.25) is 0 Å². The molecule has 4 aromatic heterocycles. The molecule has 0 fully saturated rings. The normalized spacial score (nSPS) is 12.3. The maximum absolute atomic E-state index is 5.22. The number of pyridine rings is 1. The molecule has 0 spiro atoms. The van der Waals surface area contributed by atoms with Gasteiger partial charge in [-0.3, -0.25) is 4.98 Å². The number of nitrogens with zero attached hydrogens (tertiary/aromatic N) is 4. The Labute approximate surface area is 298 Å². The van der Waals surface area contributed by atoms with Crippen molar-refractivity contribution in [3.05, 3.63) is 111 Å². The molecule has 2 aliphatic rings. The lowest BCUT2D eigenvalue weighted by molar-refractivity contribution is 0.816. The summed E-state index contributed by atoms with van der Waals surface area (Å²) in [5, 5.41) is 1.20. The molecule has 1 aromatic carbocycles. The molecule has 0 aliphatic carbocycles. The lowest BCUT2D eigenvalue weighted by Crippen LogP contribution is -1.99. The highest BCUT2D eigenvalue weighted by atomic mass is 15.0. The van der Waals surface area contributed by atoms with Crippen LogP contribution in [0.1, 0.15) is 118 Å². The second kappa shape index (κ2) is 15.4. The lowest BCUT2D eigenvalue weighted by atomic mass is 9.97. The van der Waals surface area contributed by atoms with Crippen molar-refractivity contribution in [3.63, 3.8) is 0 Å². The lowest BCUT2D eigenvalue weighted by Gasteiger charge is -2.09. The highest BCUT2D eigenvalue weighted by Crippen LogP contribution is 2.36. The molecule has 50 heavy (non-hydrogen) atoms. The summed E-state index contributed by atoms with van der Waals surface area (Å²) in [4.78, 5) is 18.5. The maximum atomic E-state index is 5.22. The Hall–Kier alpha value is -4.77. The van der Waals surface area contributed by atoms with Crippen LogP contribution in [0.5, 0.6) is 0 Å². The van der Waals surface area contributed by atoms with E-state index in [1.807, 2.05) is 30.5 Å². The van der Waals surface area contributed by atoms with Crippen molar-refractivity contribution in [2.75, 3.05) is 0 Å². The minimum atomic E-state index is 0.928. The van der Waals surface area contributed by atoms with Gasteiger partial charge in [-0.15, -0.1) is 0 Å². The number of fused-ring (bicyclic) bond motifs is 9. The molecule has 5 heteroatoms. The second-order valence-corrected chi connectivity index (χ2v) is 13.0. The Balaban J connectivity index is 0.000000367. The fraction of sp³-hybridized carbons (Fsp3) is 0.356. The van der Waals surface area contributed by atoms with Gasteiger partial charge in [0.05, 0.1) is 28.3 Å². The van der Waals surface area contributed by atoms with Crippen LogP contribution in [-0.2, 0) is 45.1 Å². The van der Waals surface area contributed by atoms with Crippen molar-refractivity contribution >= 4 is 56.8 Å². The van der Waals surface area contributed by atoms with Crippen molar-refractivity contribution in [1.29, 1.82) is 0 Å². The molecule has 0 saturated carbocycles. The van der Waals surface area contributed by atoms with Gasteiger partial charge < -0.3 is 9.55 Å². The quantitative estimate of drug-likeness (QED) is 0.176. The van der Waals surface area contributed by atoms with Crippen LogP contribution in [0.25, 0.3) is 56.8 Å². The smallest absolute Gasteiger partial charge is 0.0722 e. The number of aromatic amines is 1. The molecular weight excluding hydrogens is 611 g/mol. The summed E-state index contributed by atoms with van der Waals surface area (Å²) < 4.78 is 2.57. The Bertz CT molecular complexity index is 2190. The summed E-state index contributed by atoms with van der Waals surface area (Å²) >= 11 is 0. The zero-order chi connectivity index (χ0) is 35.4. The summed E-state index contributed by atoms with van der Waals surface area (Å²) in [6.45, 7) is 19.3. The van der Waals surface area contributed by atoms with Crippen LogP contribution >= 0.6 is 0 Å². The Morgan fingerprint density at radius 1 is 0.580 bits per heavy atom. The van der Waals surface area contributed by atoms with Crippen LogP contribution in [-0.4, -0.2) is 24.5 Å². The van der Waals surface area contributed by atoms with Crippen molar-refractivity contribution in [2.45, 2.75) is 107 Å². The predicted molar refractivity (Wildman–Crippen MR) is 215 cm³/mol. The van der Waals surface area contributed by atoms with E-state index in [0.717, 1.165) is 79.8 Å². The molecule has 7 rings (SSSR count). The van der Waals surface area contributed by atoms with Crippen molar-refractivity contribution in [1.82, 2.24) is 24.5 Å². The summed E-state index contributed by atoms with van der Waals surface area (Å²) in [7, 11) is 0. The first-order chi connectivity index (χ1) is 24.4. The number of hydrogen-bond acceptors (Lipinski definition) is 3. The SMILES string of the molecule is CCC1=Cc2cc3nc(cc4c(CC)c(CC)c(c(CC)c5[nH]c(c(CC)c1n2)c(CC)c5CC)n4CC)C=C3.c1ccc2ncccc2c1. The van der Waals surface area contributed by atoms with E-state index in [1.54, 1.807) is 0 Å². The molecule has 0 amide bonds. The number of nitrogens with one attached hydrogen (secondary N) is 1. The molecule has 258 valence electrons. The molecule has 8 bridgehead atoms. The van der Waals surface area contributed by atoms with Crippen LogP contribution in [0.2, 0.25) is 0 Å². The minimum absolute atomic E-state index is 0.928. The first-order valence-electron chi connectivity index (χ1n) is 18.9. The van der Waals surface area contributed by atoms with Crippen LogP contribution in [0.3, 0.4) is 0 Å². The van der Waals surface area contributed by atoms with Gasteiger partial charge in [-0.25, -0.2) is 9.97 Å². The highest BCUT2D eigenvalue weighted by Gasteiger charge is 2.22. The first-order valence-corrected chi connectivity index (χ1v) is 18.9. The van der Waals surface area contributed by atoms with Gasteiger partial charge in [-0.1, -0.05) is 72.7 Å². The largest absolute Gasteiger partial charge is 0.354 e. The van der Waals surface area contributed by atoms with E-state index >= 15 is 0 Å². The van der Waals surface area contributed by atoms with Crippen molar-refractivity contribution < 1.29 is 0 Å². The van der Waals surface area contributed by atoms with Crippen LogP contribution in [0.15, 0.2) is 54.7 Å². The second-order valence-electron chi connectivity index (χ2n) is 13.0. The summed E-state index contributed by atoms with van der Waals surface area (Å²) in [5.74, 6) is 0. The summed E-state index contributed by atoms with van der Waals surface area (Å²) in [5.41, 5.74) is 20.5. The number of para-hydroxylation sites is 1. The fourth-order valence-corrected chi connectivity index (χ4v) is 8.10.